The van der Waals surface area contributed by atoms with E-state index < -0.39 is 0 Å². The highest BCUT2D eigenvalue weighted by Gasteiger charge is 2.47. The van der Waals surface area contributed by atoms with E-state index in [0.29, 0.717) is 37.4 Å². The topological polar surface area (TPSA) is 76.7 Å². The molecule has 1 fully saturated rings. The van der Waals surface area contributed by atoms with Gasteiger partial charge in [0.25, 0.3) is 0 Å². The Bertz CT molecular complexity index is 603. The minimum Gasteiger partial charge on any atom is -0.493 e. The Hall–Kier alpha value is -2.24. The molecule has 2 N–H and O–H groups in total. The van der Waals surface area contributed by atoms with Crippen LogP contribution in [-0.4, -0.2) is 39.1 Å². The molecular formula is C19H28N2O4. The number of ether oxygens (including phenoxy) is 2. The van der Waals surface area contributed by atoms with Crippen molar-refractivity contribution in [3.63, 3.8) is 0 Å². The fourth-order valence-corrected chi connectivity index (χ4v) is 2.79. The van der Waals surface area contributed by atoms with Gasteiger partial charge in [-0.15, -0.1) is 0 Å². The lowest BCUT2D eigenvalue weighted by Gasteiger charge is -2.10. The maximum atomic E-state index is 12.1. The summed E-state index contributed by atoms with van der Waals surface area (Å²) < 4.78 is 10.5. The first-order chi connectivity index (χ1) is 12.1. The predicted octanol–water partition coefficient (Wildman–Crippen LogP) is 1.91. The number of nitrogens with one attached hydrogen (secondary N) is 2. The van der Waals surface area contributed by atoms with E-state index in [4.69, 9.17) is 9.47 Å². The van der Waals surface area contributed by atoms with E-state index in [1.165, 1.54) is 0 Å². The SMILES string of the molecule is CCCCNC(=O)C1CC1C(=O)NCCc1ccc(OC)c(OC)c1. The van der Waals surface area contributed by atoms with Crippen LogP contribution in [0.2, 0.25) is 0 Å². The first-order valence-electron chi connectivity index (χ1n) is 8.87. The van der Waals surface area contributed by atoms with Gasteiger partial charge < -0.3 is 20.1 Å². The standard InChI is InChI=1S/C19H28N2O4/c1-4-5-9-20-18(22)14-12-15(14)19(23)21-10-8-13-6-7-16(24-2)17(11-13)25-3/h6-7,11,14-15H,4-5,8-10,12H2,1-3H3,(H,20,22)(H,21,23). The molecular weight excluding hydrogens is 320 g/mol. The Morgan fingerprint density at radius 2 is 1.68 bits per heavy atom. The van der Waals surface area contributed by atoms with Crippen LogP contribution in [0.15, 0.2) is 18.2 Å². The van der Waals surface area contributed by atoms with Crippen LogP contribution < -0.4 is 20.1 Å². The zero-order chi connectivity index (χ0) is 18.2. The Labute approximate surface area is 149 Å². The van der Waals surface area contributed by atoms with Crippen LogP contribution in [0.3, 0.4) is 0 Å². The monoisotopic (exact) mass is 348 g/mol. The summed E-state index contributed by atoms with van der Waals surface area (Å²) in [6.45, 7) is 3.31. The zero-order valence-electron chi connectivity index (χ0n) is 15.3. The Morgan fingerprint density at radius 1 is 1.04 bits per heavy atom. The van der Waals surface area contributed by atoms with Crippen molar-refractivity contribution in [2.75, 3.05) is 27.3 Å². The number of unbranched alkanes of at least 4 members (excludes halogenated alkanes) is 1. The maximum absolute atomic E-state index is 12.1. The van der Waals surface area contributed by atoms with Crippen molar-refractivity contribution in [2.24, 2.45) is 11.8 Å². The smallest absolute Gasteiger partial charge is 0.223 e. The normalized spacial score (nSPS) is 18.4. The van der Waals surface area contributed by atoms with E-state index in [9.17, 15) is 9.59 Å². The van der Waals surface area contributed by atoms with Gasteiger partial charge in [0, 0.05) is 13.1 Å². The third-order valence-corrected chi connectivity index (χ3v) is 4.45. The van der Waals surface area contributed by atoms with Crippen molar-refractivity contribution >= 4 is 11.8 Å². The van der Waals surface area contributed by atoms with Gasteiger partial charge in [-0.1, -0.05) is 19.4 Å². The lowest BCUT2D eigenvalue weighted by molar-refractivity contribution is -0.127. The van der Waals surface area contributed by atoms with Crippen LogP contribution in [0.1, 0.15) is 31.7 Å². The predicted molar refractivity (Wildman–Crippen MR) is 95.8 cm³/mol. The Kier molecular flexibility index (Phi) is 7.10. The number of carbonyl (C=O) groups is 2. The molecule has 0 heterocycles. The van der Waals surface area contributed by atoms with E-state index in [1.807, 2.05) is 18.2 Å². The van der Waals surface area contributed by atoms with Crippen molar-refractivity contribution in [3.8, 4) is 11.5 Å². The number of benzene rings is 1. The van der Waals surface area contributed by atoms with Crippen LogP contribution in [0, 0.1) is 11.8 Å². The number of hydrogen-bond acceptors (Lipinski definition) is 4. The fraction of sp³-hybridized carbons (Fsp3) is 0.579. The molecule has 138 valence electrons. The molecule has 2 unspecified atom stereocenters. The molecule has 6 nitrogen and oxygen atoms in total. The highest BCUT2D eigenvalue weighted by Crippen LogP contribution is 2.38. The molecule has 2 rings (SSSR count). The number of hydrogen-bond donors (Lipinski definition) is 2. The molecule has 0 aromatic heterocycles. The summed E-state index contributed by atoms with van der Waals surface area (Å²) in [4.78, 5) is 24.0. The molecule has 0 spiro atoms. The lowest BCUT2D eigenvalue weighted by Crippen LogP contribution is -2.31. The van der Waals surface area contributed by atoms with Crippen molar-refractivity contribution in [2.45, 2.75) is 32.6 Å². The van der Waals surface area contributed by atoms with Gasteiger partial charge in [0.1, 0.15) is 0 Å². The van der Waals surface area contributed by atoms with Crippen LogP contribution in [0.4, 0.5) is 0 Å². The lowest BCUT2D eigenvalue weighted by atomic mass is 10.1. The number of methoxy groups -OCH3 is 2. The molecule has 25 heavy (non-hydrogen) atoms. The third-order valence-electron chi connectivity index (χ3n) is 4.45. The number of rotatable bonds is 10. The van der Waals surface area contributed by atoms with E-state index in [1.54, 1.807) is 14.2 Å². The van der Waals surface area contributed by atoms with Gasteiger partial charge >= 0.3 is 0 Å². The van der Waals surface area contributed by atoms with Gasteiger partial charge in [-0.2, -0.15) is 0 Å². The minimum absolute atomic E-state index is 0.00786. The summed E-state index contributed by atoms with van der Waals surface area (Å²) in [5, 5.41) is 5.81. The molecule has 1 aliphatic carbocycles. The second-order valence-corrected chi connectivity index (χ2v) is 6.32. The van der Waals surface area contributed by atoms with Crippen molar-refractivity contribution in [1.82, 2.24) is 10.6 Å². The largest absolute Gasteiger partial charge is 0.493 e. The van der Waals surface area contributed by atoms with E-state index >= 15 is 0 Å². The first-order valence-corrected chi connectivity index (χ1v) is 8.87. The van der Waals surface area contributed by atoms with Gasteiger partial charge in [-0.25, -0.2) is 0 Å². The van der Waals surface area contributed by atoms with Crippen LogP contribution in [-0.2, 0) is 16.0 Å². The van der Waals surface area contributed by atoms with Crippen molar-refractivity contribution in [3.05, 3.63) is 23.8 Å². The van der Waals surface area contributed by atoms with E-state index in [2.05, 4.69) is 17.6 Å². The van der Waals surface area contributed by atoms with Crippen LogP contribution >= 0.6 is 0 Å². The summed E-state index contributed by atoms with van der Waals surface area (Å²) in [7, 11) is 3.20. The molecule has 1 saturated carbocycles. The average Bonchev–Trinajstić information content (AvgIpc) is 3.42. The molecule has 0 radical (unpaired) electrons. The van der Waals surface area contributed by atoms with Crippen LogP contribution in [0.5, 0.6) is 11.5 Å². The minimum atomic E-state index is -0.174. The van der Waals surface area contributed by atoms with E-state index in [-0.39, 0.29) is 23.7 Å². The summed E-state index contributed by atoms with van der Waals surface area (Å²) in [5.41, 5.74) is 1.06. The molecule has 6 heteroatoms. The molecule has 0 aliphatic heterocycles. The molecule has 2 amide bonds. The zero-order valence-corrected chi connectivity index (χ0v) is 15.3. The first kappa shape index (κ1) is 19.1. The maximum Gasteiger partial charge on any atom is 0.223 e. The van der Waals surface area contributed by atoms with Gasteiger partial charge in [0.15, 0.2) is 11.5 Å². The summed E-state index contributed by atoms with van der Waals surface area (Å²) >= 11 is 0. The average molecular weight is 348 g/mol. The van der Waals surface area contributed by atoms with Gasteiger partial charge in [0.05, 0.1) is 26.1 Å². The highest BCUT2D eigenvalue weighted by molar-refractivity contribution is 5.92. The van der Waals surface area contributed by atoms with E-state index in [0.717, 1.165) is 18.4 Å². The second kappa shape index (κ2) is 9.30. The number of amides is 2. The summed E-state index contributed by atoms with van der Waals surface area (Å²) in [5.74, 6) is 1.01. The summed E-state index contributed by atoms with van der Waals surface area (Å²) in [6, 6.07) is 5.72. The fourth-order valence-electron chi connectivity index (χ4n) is 2.79. The second-order valence-electron chi connectivity index (χ2n) is 6.32. The van der Waals surface area contributed by atoms with Gasteiger partial charge in [-0.3, -0.25) is 9.59 Å². The Morgan fingerprint density at radius 3 is 2.28 bits per heavy atom. The van der Waals surface area contributed by atoms with Gasteiger partial charge in [-0.05, 0) is 37.0 Å². The molecule has 1 aromatic carbocycles. The molecule has 0 bridgehead atoms. The van der Waals surface area contributed by atoms with Crippen LogP contribution in [0.25, 0.3) is 0 Å². The number of carbonyl (C=O) groups excluding carboxylic acids is 2. The van der Waals surface area contributed by atoms with Gasteiger partial charge in [0.2, 0.25) is 11.8 Å². The quantitative estimate of drug-likeness (QED) is 0.633. The molecule has 1 aliphatic rings. The summed E-state index contributed by atoms with van der Waals surface area (Å²) in [6.07, 6.45) is 3.37. The third kappa shape index (κ3) is 5.37. The Balaban J connectivity index is 1.72. The van der Waals surface area contributed by atoms with Crippen molar-refractivity contribution in [1.29, 1.82) is 0 Å². The molecule has 1 aromatic rings. The molecule has 0 saturated heterocycles. The van der Waals surface area contributed by atoms with Crippen molar-refractivity contribution < 1.29 is 19.1 Å². The molecule has 2 atom stereocenters. The highest BCUT2D eigenvalue weighted by atomic mass is 16.5.